The standard InChI is InChI=1S/C44H52ClN9O6/c1-43(2)40(44(3,4)41(43)60-30-10-7-28(24-46)32(45)23-30)50-36(56)27-5-8-29(9-6-27)52-17-14-26(15-18-52)13-16-51-19-21-53(22-20-51)42-47-25-31-35(49-42)39(59)54(38(31)58)33-11-12-34(55)48-37(33)57/h5-10,23,25-26,33,39-41,59H,11-22H2,1-4H3,(H,50,56)(H,48,55,57)/t33?,39?,40-,41-. The Morgan fingerprint density at radius 1 is 0.983 bits per heavy atom. The minimum absolute atomic E-state index is 0.0979. The van der Waals surface area contributed by atoms with E-state index in [9.17, 15) is 29.5 Å². The van der Waals surface area contributed by atoms with Gasteiger partial charge in [-0.15, -0.1) is 0 Å². The van der Waals surface area contributed by atoms with Crippen molar-refractivity contribution in [3.63, 3.8) is 0 Å². The van der Waals surface area contributed by atoms with Crippen molar-refractivity contribution in [3.8, 4) is 11.8 Å². The third kappa shape index (κ3) is 7.76. The largest absolute Gasteiger partial charge is 0.489 e. The molecule has 1 aliphatic carbocycles. The highest BCUT2D eigenvalue weighted by Crippen LogP contribution is 2.55. The predicted molar refractivity (Wildman–Crippen MR) is 223 cm³/mol. The zero-order valence-electron chi connectivity index (χ0n) is 34.5. The fourth-order valence-electron chi connectivity index (χ4n) is 10.2. The summed E-state index contributed by atoms with van der Waals surface area (Å²) in [5, 5.41) is 26.1. The number of nitrogens with one attached hydrogen (secondary N) is 2. The summed E-state index contributed by atoms with van der Waals surface area (Å²) in [4.78, 5) is 67.7. The number of benzene rings is 2. The van der Waals surface area contributed by atoms with Crippen LogP contribution in [0, 0.1) is 28.1 Å². The lowest BCUT2D eigenvalue weighted by atomic mass is 9.49. The van der Waals surface area contributed by atoms with Gasteiger partial charge >= 0.3 is 0 Å². The van der Waals surface area contributed by atoms with E-state index in [0.717, 1.165) is 62.6 Å². The van der Waals surface area contributed by atoms with Crippen LogP contribution in [0.3, 0.4) is 0 Å². The van der Waals surface area contributed by atoms with E-state index in [1.54, 1.807) is 18.2 Å². The molecule has 2 unspecified atom stereocenters. The Labute approximate surface area is 355 Å². The Kier molecular flexibility index (Phi) is 11.2. The van der Waals surface area contributed by atoms with Gasteiger partial charge in [0.2, 0.25) is 17.8 Å². The number of aromatic nitrogens is 2. The molecule has 4 aliphatic heterocycles. The second kappa shape index (κ2) is 16.3. The van der Waals surface area contributed by atoms with E-state index in [1.165, 1.54) is 6.20 Å². The number of ether oxygens (including phenoxy) is 1. The zero-order chi connectivity index (χ0) is 42.5. The summed E-state index contributed by atoms with van der Waals surface area (Å²) in [7, 11) is 0. The van der Waals surface area contributed by atoms with Crippen molar-refractivity contribution < 1.29 is 29.0 Å². The van der Waals surface area contributed by atoms with Crippen LogP contribution in [-0.4, -0.2) is 113 Å². The van der Waals surface area contributed by atoms with Crippen molar-refractivity contribution in [2.24, 2.45) is 16.7 Å². The molecular formula is C44H52ClN9O6. The number of imide groups is 1. The summed E-state index contributed by atoms with van der Waals surface area (Å²) >= 11 is 6.25. The number of halogens is 1. The van der Waals surface area contributed by atoms with Crippen LogP contribution in [0.15, 0.2) is 48.7 Å². The van der Waals surface area contributed by atoms with E-state index in [2.05, 4.69) is 69.1 Å². The minimum atomic E-state index is -1.38. The summed E-state index contributed by atoms with van der Waals surface area (Å²) < 4.78 is 6.38. The van der Waals surface area contributed by atoms with E-state index in [-0.39, 0.29) is 58.9 Å². The number of aliphatic hydroxyl groups is 1. The lowest BCUT2D eigenvalue weighted by molar-refractivity contribution is -0.164. The summed E-state index contributed by atoms with van der Waals surface area (Å²) in [5.41, 5.74) is 1.81. The van der Waals surface area contributed by atoms with Crippen LogP contribution < -0.4 is 25.2 Å². The summed E-state index contributed by atoms with van der Waals surface area (Å²) in [6.07, 6.45) is 3.45. The zero-order valence-corrected chi connectivity index (χ0v) is 35.2. The maximum absolute atomic E-state index is 13.5. The van der Waals surface area contributed by atoms with Gasteiger partial charge in [0.1, 0.15) is 29.7 Å². The molecule has 15 nitrogen and oxygen atoms in total. The van der Waals surface area contributed by atoms with Gasteiger partial charge in [-0.25, -0.2) is 9.97 Å². The second-order valence-corrected chi connectivity index (χ2v) is 18.3. The van der Waals surface area contributed by atoms with E-state index in [1.807, 2.05) is 24.3 Å². The number of fused-ring (bicyclic) bond motifs is 1. The summed E-state index contributed by atoms with van der Waals surface area (Å²) in [5.74, 6) is 0.0722. The molecule has 2 aromatic carbocycles. The molecule has 3 saturated heterocycles. The third-order valence-electron chi connectivity index (χ3n) is 13.4. The Morgan fingerprint density at radius 3 is 2.33 bits per heavy atom. The Hall–Kier alpha value is -5.30. The molecule has 16 heteroatoms. The highest BCUT2D eigenvalue weighted by atomic mass is 35.5. The first-order valence-corrected chi connectivity index (χ1v) is 21.2. The number of piperidine rings is 2. The van der Waals surface area contributed by atoms with E-state index < -0.39 is 24.1 Å². The van der Waals surface area contributed by atoms with Crippen molar-refractivity contribution in [1.29, 1.82) is 5.26 Å². The molecule has 4 amide bonds. The molecule has 8 rings (SSSR count). The first-order valence-electron chi connectivity index (χ1n) is 20.9. The number of carbonyl (C=O) groups excluding carboxylic acids is 4. The number of carbonyl (C=O) groups is 4. The van der Waals surface area contributed by atoms with Crippen molar-refractivity contribution >= 4 is 46.9 Å². The van der Waals surface area contributed by atoms with Crippen LogP contribution in [0.2, 0.25) is 5.02 Å². The number of piperazine rings is 1. The van der Waals surface area contributed by atoms with Crippen LogP contribution in [0.1, 0.15) is 98.0 Å². The lowest BCUT2D eigenvalue weighted by Gasteiger charge is -2.63. The number of nitrogens with zero attached hydrogens (tertiary/aromatic N) is 7. The highest BCUT2D eigenvalue weighted by Gasteiger charge is 2.64. The predicted octanol–water partition coefficient (Wildman–Crippen LogP) is 4.29. The maximum Gasteiger partial charge on any atom is 0.260 e. The molecule has 316 valence electrons. The van der Waals surface area contributed by atoms with Gasteiger partial charge in [0, 0.05) is 86.1 Å². The van der Waals surface area contributed by atoms with Gasteiger partial charge < -0.3 is 25.0 Å². The molecule has 1 saturated carbocycles. The minimum Gasteiger partial charge on any atom is -0.489 e. The van der Waals surface area contributed by atoms with Crippen molar-refractivity contribution in [3.05, 3.63) is 76.1 Å². The summed E-state index contributed by atoms with van der Waals surface area (Å²) in [6, 6.07) is 14.0. The van der Waals surface area contributed by atoms with Gasteiger partial charge in [-0.05, 0) is 74.5 Å². The van der Waals surface area contributed by atoms with Gasteiger partial charge in [0.15, 0.2) is 6.23 Å². The molecule has 2 atom stereocenters. The first-order chi connectivity index (χ1) is 28.6. The first kappa shape index (κ1) is 41.4. The number of nitriles is 1. The van der Waals surface area contributed by atoms with E-state index in [4.69, 9.17) is 16.3 Å². The molecule has 0 spiro atoms. The molecule has 5 aliphatic rings. The molecule has 60 heavy (non-hydrogen) atoms. The molecule has 1 aromatic heterocycles. The quantitative estimate of drug-likeness (QED) is 0.247. The van der Waals surface area contributed by atoms with Gasteiger partial charge in [-0.1, -0.05) is 39.3 Å². The fourth-order valence-corrected chi connectivity index (χ4v) is 10.4. The lowest BCUT2D eigenvalue weighted by Crippen LogP contribution is -2.74. The van der Waals surface area contributed by atoms with Crippen LogP contribution >= 0.6 is 11.6 Å². The van der Waals surface area contributed by atoms with Crippen molar-refractivity contribution in [2.75, 3.05) is 55.6 Å². The average molecular weight is 838 g/mol. The van der Waals surface area contributed by atoms with E-state index >= 15 is 0 Å². The number of hydrogen-bond donors (Lipinski definition) is 3. The van der Waals surface area contributed by atoms with Crippen LogP contribution in [0.25, 0.3) is 0 Å². The van der Waals surface area contributed by atoms with Crippen molar-refractivity contribution in [1.82, 2.24) is 30.4 Å². The number of rotatable bonds is 10. The van der Waals surface area contributed by atoms with Crippen LogP contribution in [0.4, 0.5) is 11.6 Å². The SMILES string of the molecule is CC1(C)[C@H](NC(=O)c2ccc(N3CCC(CCN4CCN(c5ncc6c(n5)C(O)N(C5CCC(=O)NC5=O)C6=O)CC4)CC3)cc2)C(C)(C)[C@H]1Oc1ccc(C#N)c(Cl)c1. The second-order valence-electron chi connectivity index (χ2n) is 17.9. The topological polar surface area (TPSA) is 184 Å². The molecule has 4 fully saturated rings. The Morgan fingerprint density at radius 2 is 1.68 bits per heavy atom. The van der Waals surface area contributed by atoms with Gasteiger partial charge in [0.05, 0.1) is 16.1 Å². The number of amides is 4. The maximum atomic E-state index is 13.5. The van der Waals surface area contributed by atoms with Gasteiger partial charge in [-0.2, -0.15) is 5.26 Å². The molecule has 0 bridgehead atoms. The third-order valence-corrected chi connectivity index (χ3v) is 13.7. The van der Waals surface area contributed by atoms with E-state index in [0.29, 0.717) is 46.9 Å². The molecule has 5 heterocycles. The van der Waals surface area contributed by atoms with Crippen LogP contribution in [-0.2, 0) is 9.59 Å². The Bertz CT molecular complexity index is 2200. The monoisotopic (exact) mass is 837 g/mol. The highest BCUT2D eigenvalue weighted by molar-refractivity contribution is 6.31. The molecule has 3 N–H and O–H groups in total. The van der Waals surface area contributed by atoms with Crippen LogP contribution in [0.5, 0.6) is 5.75 Å². The number of aliphatic hydroxyl groups excluding tert-OH is 1. The van der Waals surface area contributed by atoms with Gasteiger partial charge in [-0.3, -0.25) is 34.3 Å². The van der Waals surface area contributed by atoms with Gasteiger partial charge in [0.25, 0.3) is 11.8 Å². The number of anilines is 2. The molecular weight excluding hydrogens is 786 g/mol. The number of hydrogen-bond acceptors (Lipinski definition) is 12. The molecule has 3 aromatic rings. The smallest absolute Gasteiger partial charge is 0.260 e. The summed E-state index contributed by atoms with van der Waals surface area (Å²) in [6.45, 7) is 14.4. The molecule has 0 radical (unpaired) electrons. The van der Waals surface area contributed by atoms with Crippen molar-refractivity contribution in [2.45, 2.75) is 84.2 Å². The fraction of sp³-hybridized carbons (Fsp3) is 0.523. The Balaban J connectivity index is 0.769. The average Bonchev–Trinajstić information content (AvgIpc) is 3.49. The normalized spacial score (nSPS) is 25.3.